The summed E-state index contributed by atoms with van der Waals surface area (Å²) in [4.78, 5) is 12.6. The van der Waals surface area contributed by atoms with E-state index in [0.29, 0.717) is 11.4 Å². The smallest absolute Gasteiger partial charge is 0.416 e. The van der Waals surface area contributed by atoms with Gasteiger partial charge in [0.15, 0.2) is 0 Å². The quantitative estimate of drug-likeness (QED) is 0.762. The molecule has 0 heterocycles. The number of ether oxygens (including phenoxy) is 1. The van der Waals surface area contributed by atoms with Gasteiger partial charge in [0, 0.05) is 11.4 Å². The molecule has 0 aliphatic heterocycles. The van der Waals surface area contributed by atoms with Crippen LogP contribution in [0.25, 0.3) is 0 Å². The molecule has 0 fully saturated rings. The Balaban J connectivity index is 1.91. The van der Waals surface area contributed by atoms with E-state index >= 15 is 0 Å². The number of hydrogen-bond acceptors (Lipinski definition) is 3. The second-order valence-electron chi connectivity index (χ2n) is 5.35. The number of carbonyl (C=O) groups is 1. The lowest BCUT2D eigenvalue weighted by molar-refractivity contribution is -0.137. The fourth-order valence-electron chi connectivity index (χ4n) is 2.08. The van der Waals surface area contributed by atoms with Gasteiger partial charge in [0.05, 0.1) is 17.9 Å². The van der Waals surface area contributed by atoms with Crippen LogP contribution in [0.2, 0.25) is 0 Å². The van der Waals surface area contributed by atoms with E-state index in [-0.39, 0.29) is 5.91 Å². The standard InChI is InChI=1S/C18H18F3NO2S/c1-12(25-16-5-3-4-14(10-16)18(19,20)21)17(23)22-11-13-6-8-15(24-2)9-7-13/h3-10,12H,11H2,1-2H3,(H,22,23). The zero-order valence-corrected chi connectivity index (χ0v) is 14.6. The number of amides is 1. The Labute approximate surface area is 148 Å². The lowest BCUT2D eigenvalue weighted by atomic mass is 10.2. The van der Waals surface area contributed by atoms with Crippen molar-refractivity contribution >= 4 is 17.7 Å². The molecule has 2 aromatic rings. The molecule has 0 saturated heterocycles. The Morgan fingerprint density at radius 2 is 1.88 bits per heavy atom. The number of halogens is 3. The minimum atomic E-state index is -4.39. The summed E-state index contributed by atoms with van der Waals surface area (Å²) in [6.45, 7) is 2.00. The highest BCUT2D eigenvalue weighted by atomic mass is 32.2. The SMILES string of the molecule is COc1ccc(CNC(=O)C(C)Sc2cccc(C(F)(F)F)c2)cc1. The van der Waals surface area contributed by atoms with Gasteiger partial charge in [0.1, 0.15) is 5.75 Å². The van der Waals surface area contributed by atoms with E-state index in [1.54, 1.807) is 32.2 Å². The predicted molar refractivity (Wildman–Crippen MR) is 91.6 cm³/mol. The van der Waals surface area contributed by atoms with Crippen LogP contribution in [0.1, 0.15) is 18.1 Å². The minimum Gasteiger partial charge on any atom is -0.497 e. The van der Waals surface area contributed by atoms with Crippen molar-refractivity contribution in [3.8, 4) is 5.75 Å². The average molecular weight is 369 g/mol. The summed E-state index contributed by atoms with van der Waals surface area (Å²) in [6, 6.07) is 12.2. The summed E-state index contributed by atoms with van der Waals surface area (Å²) in [5.41, 5.74) is 0.189. The molecule has 0 saturated carbocycles. The van der Waals surface area contributed by atoms with Gasteiger partial charge in [0.25, 0.3) is 0 Å². The van der Waals surface area contributed by atoms with Gasteiger partial charge in [-0.25, -0.2) is 0 Å². The Hall–Kier alpha value is -2.15. The summed E-state index contributed by atoms with van der Waals surface area (Å²) in [7, 11) is 1.57. The summed E-state index contributed by atoms with van der Waals surface area (Å²) in [6.07, 6.45) is -4.39. The van der Waals surface area contributed by atoms with Crippen LogP contribution in [-0.2, 0) is 17.5 Å². The van der Waals surface area contributed by atoms with Crippen LogP contribution in [-0.4, -0.2) is 18.3 Å². The Morgan fingerprint density at radius 3 is 2.48 bits per heavy atom. The number of thioether (sulfide) groups is 1. The zero-order valence-electron chi connectivity index (χ0n) is 13.8. The van der Waals surface area contributed by atoms with Crippen molar-refractivity contribution in [1.29, 1.82) is 0 Å². The second kappa shape index (κ2) is 8.29. The molecule has 7 heteroatoms. The molecule has 0 aliphatic carbocycles. The summed E-state index contributed by atoms with van der Waals surface area (Å²) < 4.78 is 43.2. The number of benzene rings is 2. The second-order valence-corrected chi connectivity index (χ2v) is 6.77. The van der Waals surface area contributed by atoms with E-state index in [1.165, 1.54) is 6.07 Å². The van der Waals surface area contributed by atoms with Crippen molar-refractivity contribution in [2.45, 2.75) is 29.8 Å². The van der Waals surface area contributed by atoms with E-state index < -0.39 is 17.0 Å². The normalized spacial score (nSPS) is 12.5. The van der Waals surface area contributed by atoms with Crippen LogP contribution in [0.4, 0.5) is 13.2 Å². The number of rotatable bonds is 6. The molecule has 1 amide bonds. The first-order valence-electron chi connectivity index (χ1n) is 7.54. The van der Waals surface area contributed by atoms with Crippen LogP contribution in [0.5, 0.6) is 5.75 Å². The third-order valence-corrected chi connectivity index (χ3v) is 4.56. The topological polar surface area (TPSA) is 38.3 Å². The molecule has 0 spiro atoms. The Kier molecular flexibility index (Phi) is 6.36. The van der Waals surface area contributed by atoms with Crippen molar-refractivity contribution in [2.24, 2.45) is 0 Å². The molecule has 2 aromatic carbocycles. The summed E-state index contributed by atoms with van der Waals surface area (Å²) >= 11 is 1.09. The zero-order chi connectivity index (χ0) is 18.4. The number of nitrogens with one attached hydrogen (secondary N) is 1. The van der Waals surface area contributed by atoms with Gasteiger partial charge in [-0.3, -0.25) is 4.79 Å². The van der Waals surface area contributed by atoms with Crippen LogP contribution in [0.15, 0.2) is 53.4 Å². The molecule has 1 N–H and O–H groups in total. The van der Waals surface area contributed by atoms with Crippen LogP contribution < -0.4 is 10.1 Å². The van der Waals surface area contributed by atoms with Gasteiger partial charge in [-0.2, -0.15) is 13.2 Å². The van der Waals surface area contributed by atoms with Crippen molar-refractivity contribution in [3.63, 3.8) is 0 Å². The van der Waals surface area contributed by atoms with Gasteiger partial charge >= 0.3 is 6.18 Å². The molecule has 0 bridgehead atoms. The monoisotopic (exact) mass is 369 g/mol. The highest BCUT2D eigenvalue weighted by Crippen LogP contribution is 2.33. The van der Waals surface area contributed by atoms with Crippen molar-refractivity contribution in [3.05, 3.63) is 59.7 Å². The highest BCUT2D eigenvalue weighted by molar-refractivity contribution is 8.00. The van der Waals surface area contributed by atoms with E-state index in [2.05, 4.69) is 5.32 Å². The van der Waals surface area contributed by atoms with E-state index in [4.69, 9.17) is 4.74 Å². The number of methoxy groups -OCH3 is 1. The lowest BCUT2D eigenvalue weighted by Gasteiger charge is -2.13. The van der Waals surface area contributed by atoms with E-state index in [0.717, 1.165) is 35.2 Å². The van der Waals surface area contributed by atoms with Gasteiger partial charge in [-0.1, -0.05) is 18.2 Å². The van der Waals surface area contributed by atoms with Crippen LogP contribution in [0.3, 0.4) is 0 Å². The molecular formula is C18H18F3NO2S. The highest BCUT2D eigenvalue weighted by Gasteiger charge is 2.30. The molecule has 0 radical (unpaired) electrons. The predicted octanol–water partition coefficient (Wildman–Crippen LogP) is 4.51. The van der Waals surface area contributed by atoms with Gasteiger partial charge in [-0.15, -0.1) is 11.8 Å². The number of hydrogen-bond donors (Lipinski definition) is 1. The third-order valence-electron chi connectivity index (χ3n) is 3.47. The van der Waals surface area contributed by atoms with Crippen LogP contribution in [0, 0.1) is 0 Å². The summed E-state index contributed by atoms with van der Waals surface area (Å²) in [5, 5.41) is 2.27. The first kappa shape index (κ1) is 19.2. The number of alkyl halides is 3. The summed E-state index contributed by atoms with van der Waals surface area (Å²) in [5.74, 6) is 0.488. The van der Waals surface area contributed by atoms with Crippen LogP contribution >= 0.6 is 11.8 Å². The average Bonchev–Trinajstić information content (AvgIpc) is 2.59. The maximum Gasteiger partial charge on any atom is 0.416 e. The molecule has 3 nitrogen and oxygen atoms in total. The molecule has 1 unspecified atom stereocenters. The molecule has 134 valence electrons. The maximum absolute atomic E-state index is 12.7. The lowest BCUT2D eigenvalue weighted by Crippen LogP contribution is -2.30. The first-order valence-corrected chi connectivity index (χ1v) is 8.42. The molecule has 0 aromatic heterocycles. The molecule has 2 rings (SSSR count). The first-order chi connectivity index (χ1) is 11.8. The molecule has 0 aliphatic rings. The third kappa shape index (κ3) is 5.70. The molecule has 25 heavy (non-hydrogen) atoms. The van der Waals surface area contributed by atoms with E-state index in [1.807, 2.05) is 12.1 Å². The van der Waals surface area contributed by atoms with Gasteiger partial charge in [0.2, 0.25) is 5.91 Å². The maximum atomic E-state index is 12.7. The van der Waals surface area contributed by atoms with Gasteiger partial charge in [-0.05, 0) is 42.8 Å². The molecule has 1 atom stereocenters. The Morgan fingerprint density at radius 1 is 1.20 bits per heavy atom. The molecular weight excluding hydrogens is 351 g/mol. The van der Waals surface area contributed by atoms with Crippen molar-refractivity contribution < 1.29 is 22.7 Å². The van der Waals surface area contributed by atoms with Gasteiger partial charge < -0.3 is 10.1 Å². The fourth-order valence-corrected chi connectivity index (χ4v) is 3.03. The minimum absolute atomic E-state index is 0.238. The van der Waals surface area contributed by atoms with E-state index in [9.17, 15) is 18.0 Å². The number of carbonyl (C=O) groups excluding carboxylic acids is 1. The Bertz CT molecular complexity index is 717. The van der Waals surface area contributed by atoms with Crippen molar-refractivity contribution in [2.75, 3.05) is 7.11 Å². The fraction of sp³-hybridized carbons (Fsp3) is 0.278. The largest absolute Gasteiger partial charge is 0.497 e. The van der Waals surface area contributed by atoms with Crippen molar-refractivity contribution in [1.82, 2.24) is 5.32 Å².